The van der Waals surface area contributed by atoms with E-state index in [1.54, 1.807) is 0 Å². The van der Waals surface area contributed by atoms with E-state index in [0.717, 1.165) is 18.2 Å². The van der Waals surface area contributed by atoms with Crippen LogP contribution in [0.3, 0.4) is 0 Å². The first-order valence-electron chi connectivity index (χ1n) is 6.12. The van der Waals surface area contributed by atoms with Gasteiger partial charge in [0.2, 0.25) is 5.89 Å². The summed E-state index contributed by atoms with van der Waals surface area (Å²) in [5.41, 5.74) is 0.134. The van der Waals surface area contributed by atoms with Gasteiger partial charge in [0.25, 0.3) is 0 Å². The van der Waals surface area contributed by atoms with Gasteiger partial charge in [-0.05, 0) is 32.9 Å². The van der Waals surface area contributed by atoms with Crippen molar-refractivity contribution in [1.29, 1.82) is 0 Å². The number of hydrogen-bond donors (Lipinski definition) is 2. The topological polar surface area (TPSA) is 63.0 Å². The lowest BCUT2D eigenvalue weighted by molar-refractivity contribution is 0.384. The van der Waals surface area contributed by atoms with Gasteiger partial charge in [-0.3, -0.25) is 0 Å². The third-order valence-corrected chi connectivity index (χ3v) is 2.35. The second-order valence-electron chi connectivity index (χ2n) is 5.39. The quantitative estimate of drug-likeness (QED) is 0.902. The molecule has 0 radical (unpaired) electrons. The van der Waals surface area contributed by atoms with E-state index in [9.17, 15) is 8.78 Å². The van der Waals surface area contributed by atoms with Crippen molar-refractivity contribution in [1.82, 2.24) is 15.5 Å². The van der Waals surface area contributed by atoms with Crippen molar-refractivity contribution in [3.8, 4) is 0 Å². The molecule has 0 saturated carbocycles. The summed E-state index contributed by atoms with van der Waals surface area (Å²) in [4.78, 5) is 0. The molecule has 2 aromatic rings. The molecular weight excluding hydrogens is 266 g/mol. The number of benzene rings is 1. The van der Waals surface area contributed by atoms with Gasteiger partial charge in [-0.2, -0.15) is 0 Å². The highest BCUT2D eigenvalue weighted by Crippen LogP contribution is 2.18. The van der Waals surface area contributed by atoms with E-state index in [2.05, 4.69) is 20.8 Å². The van der Waals surface area contributed by atoms with Crippen molar-refractivity contribution >= 4 is 11.7 Å². The van der Waals surface area contributed by atoms with E-state index in [-0.39, 0.29) is 17.2 Å². The zero-order valence-electron chi connectivity index (χ0n) is 11.5. The van der Waals surface area contributed by atoms with E-state index in [1.807, 2.05) is 20.8 Å². The van der Waals surface area contributed by atoms with Crippen LogP contribution in [-0.4, -0.2) is 15.7 Å². The van der Waals surface area contributed by atoms with Gasteiger partial charge in [0.05, 0.1) is 6.54 Å². The predicted octanol–water partition coefficient (Wildman–Crippen LogP) is 2.98. The molecule has 2 rings (SSSR count). The molecule has 0 unspecified atom stereocenters. The molecular formula is C13H16F2N4O. The molecule has 20 heavy (non-hydrogen) atoms. The maximum absolute atomic E-state index is 13.0. The summed E-state index contributed by atoms with van der Waals surface area (Å²) in [6.07, 6.45) is 0. The number of halogens is 2. The Bertz CT molecular complexity index is 572. The summed E-state index contributed by atoms with van der Waals surface area (Å²) in [6, 6.07) is 3.15. The SMILES string of the molecule is CC(C)(C)NCc1nnc(Nc2cc(F)cc(F)c2)o1. The molecule has 7 heteroatoms. The zero-order chi connectivity index (χ0) is 14.8. The molecule has 0 atom stereocenters. The maximum Gasteiger partial charge on any atom is 0.320 e. The number of anilines is 2. The van der Waals surface area contributed by atoms with Crippen LogP contribution in [0.4, 0.5) is 20.5 Å². The van der Waals surface area contributed by atoms with Crippen LogP contribution in [0, 0.1) is 11.6 Å². The molecule has 2 N–H and O–H groups in total. The van der Waals surface area contributed by atoms with Crippen molar-refractivity contribution in [2.45, 2.75) is 32.9 Å². The monoisotopic (exact) mass is 282 g/mol. The largest absolute Gasteiger partial charge is 0.406 e. The second kappa shape index (κ2) is 5.54. The van der Waals surface area contributed by atoms with Gasteiger partial charge < -0.3 is 15.1 Å². The lowest BCUT2D eigenvalue weighted by Crippen LogP contribution is -2.35. The van der Waals surface area contributed by atoms with Crippen molar-refractivity contribution in [3.05, 3.63) is 35.7 Å². The minimum atomic E-state index is -0.679. The Hall–Kier alpha value is -2.02. The second-order valence-corrected chi connectivity index (χ2v) is 5.39. The van der Waals surface area contributed by atoms with Crippen LogP contribution in [-0.2, 0) is 6.54 Å². The van der Waals surface area contributed by atoms with Crippen LogP contribution >= 0.6 is 0 Å². The number of nitrogens with one attached hydrogen (secondary N) is 2. The fourth-order valence-corrected chi connectivity index (χ4v) is 1.47. The fourth-order valence-electron chi connectivity index (χ4n) is 1.47. The van der Waals surface area contributed by atoms with Gasteiger partial charge in [-0.1, -0.05) is 5.10 Å². The first-order chi connectivity index (χ1) is 9.32. The lowest BCUT2D eigenvalue weighted by Gasteiger charge is -2.18. The Morgan fingerprint density at radius 3 is 2.35 bits per heavy atom. The summed E-state index contributed by atoms with van der Waals surface area (Å²) in [7, 11) is 0. The molecule has 0 saturated heterocycles. The summed E-state index contributed by atoms with van der Waals surface area (Å²) in [5.74, 6) is -0.970. The lowest BCUT2D eigenvalue weighted by atomic mass is 10.1. The highest BCUT2D eigenvalue weighted by atomic mass is 19.1. The minimum Gasteiger partial charge on any atom is -0.406 e. The average Bonchev–Trinajstić information content (AvgIpc) is 2.72. The number of rotatable bonds is 4. The minimum absolute atomic E-state index is 0.0756. The number of aromatic nitrogens is 2. The van der Waals surface area contributed by atoms with Gasteiger partial charge in [0, 0.05) is 17.3 Å². The third-order valence-electron chi connectivity index (χ3n) is 2.35. The molecule has 5 nitrogen and oxygen atoms in total. The molecule has 0 aliphatic rings. The summed E-state index contributed by atoms with van der Waals surface area (Å²) in [5, 5.41) is 13.4. The molecule has 0 aliphatic carbocycles. The molecule has 1 aromatic heterocycles. The van der Waals surface area contributed by atoms with E-state index >= 15 is 0 Å². The van der Waals surface area contributed by atoms with Gasteiger partial charge in [0.1, 0.15) is 11.6 Å². The molecule has 108 valence electrons. The van der Waals surface area contributed by atoms with Gasteiger partial charge in [0.15, 0.2) is 0 Å². The van der Waals surface area contributed by atoms with E-state index in [0.29, 0.717) is 12.4 Å². The third kappa shape index (κ3) is 4.27. The molecule has 0 bridgehead atoms. The molecule has 1 aromatic carbocycles. The molecule has 1 heterocycles. The summed E-state index contributed by atoms with van der Waals surface area (Å²) in [6.45, 7) is 6.45. The summed E-state index contributed by atoms with van der Waals surface area (Å²) < 4.78 is 31.4. The average molecular weight is 282 g/mol. The fraction of sp³-hybridized carbons (Fsp3) is 0.385. The first-order valence-corrected chi connectivity index (χ1v) is 6.12. The number of hydrogen-bond acceptors (Lipinski definition) is 5. The van der Waals surface area contributed by atoms with E-state index < -0.39 is 11.6 Å². The van der Waals surface area contributed by atoms with Crippen molar-refractivity contribution < 1.29 is 13.2 Å². The van der Waals surface area contributed by atoms with Crippen molar-refractivity contribution in [2.75, 3.05) is 5.32 Å². The Morgan fingerprint density at radius 1 is 1.10 bits per heavy atom. The highest BCUT2D eigenvalue weighted by molar-refractivity contribution is 5.51. The Labute approximate surface area is 115 Å². The summed E-state index contributed by atoms with van der Waals surface area (Å²) >= 11 is 0. The first kappa shape index (κ1) is 14.4. The maximum atomic E-state index is 13.0. The van der Waals surface area contributed by atoms with Gasteiger partial charge in [-0.25, -0.2) is 8.78 Å². The van der Waals surface area contributed by atoms with Crippen LogP contribution in [0.15, 0.2) is 22.6 Å². The molecule has 0 aliphatic heterocycles. The van der Waals surface area contributed by atoms with E-state index in [1.165, 1.54) is 0 Å². The number of nitrogens with zero attached hydrogens (tertiary/aromatic N) is 2. The highest BCUT2D eigenvalue weighted by Gasteiger charge is 2.12. The van der Waals surface area contributed by atoms with Crippen LogP contribution < -0.4 is 10.6 Å². The van der Waals surface area contributed by atoms with Crippen LogP contribution in [0.2, 0.25) is 0 Å². The van der Waals surface area contributed by atoms with Crippen molar-refractivity contribution in [2.24, 2.45) is 0 Å². The molecule has 0 amide bonds. The van der Waals surface area contributed by atoms with E-state index in [4.69, 9.17) is 4.42 Å². The zero-order valence-corrected chi connectivity index (χ0v) is 11.5. The van der Waals surface area contributed by atoms with Gasteiger partial charge in [-0.15, -0.1) is 5.10 Å². The molecule has 0 fully saturated rings. The smallest absolute Gasteiger partial charge is 0.320 e. The standard InChI is InChI=1S/C13H16F2N4O/c1-13(2,3)16-7-11-18-19-12(20-11)17-10-5-8(14)4-9(15)6-10/h4-6,16H,7H2,1-3H3,(H,17,19). The van der Waals surface area contributed by atoms with Gasteiger partial charge >= 0.3 is 6.01 Å². The van der Waals surface area contributed by atoms with Crippen LogP contribution in [0.5, 0.6) is 0 Å². The Kier molecular flexibility index (Phi) is 3.99. The molecule has 0 spiro atoms. The Balaban J connectivity index is 2.02. The van der Waals surface area contributed by atoms with Crippen LogP contribution in [0.25, 0.3) is 0 Å². The predicted molar refractivity (Wildman–Crippen MR) is 70.5 cm³/mol. The Morgan fingerprint density at radius 2 is 1.75 bits per heavy atom. The van der Waals surface area contributed by atoms with Crippen molar-refractivity contribution in [3.63, 3.8) is 0 Å². The normalized spacial score (nSPS) is 11.7. The van der Waals surface area contributed by atoms with Crippen LogP contribution in [0.1, 0.15) is 26.7 Å².